The summed E-state index contributed by atoms with van der Waals surface area (Å²) < 4.78 is 0. The predicted molar refractivity (Wildman–Crippen MR) is 85.4 cm³/mol. The van der Waals surface area contributed by atoms with Crippen LogP contribution >= 0.6 is 0 Å². The maximum Gasteiger partial charge on any atom is 0.267 e. The van der Waals surface area contributed by atoms with Gasteiger partial charge >= 0.3 is 0 Å². The molecule has 0 aliphatic rings. The lowest BCUT2D eigenvalue weighted by Crippen LogP contribution is -2.23. The van der Waals surface area contributed by atoms with Gasteiger partial charge in [0.1, 0.15) is 5.69 Å². The van der Waals surface area contributed by atoms with Crippen molar-refractivity contribution in [2.45, 2.75) is 20.4 Å². The monoisotopic (exact) mass is 278 g/mol. The summed E-state index contributed by atoms with van der Waals surface area (Å²) in [7, 11) is 0. The molecule has 0 saturated heterocycles. The third kappa shape index (κ3) is 2.82. The van der Waals surface area contributed by atoms with Crippen molar-refractivity contribution in [1.29, 1.82) is 0 Å². The van der Waals surface area contributed by atoms with Crippen molar-refractivity contribution in [1.82, 2.24) is 10.3 Å². The number of hydrogen-bond acceptors (Lipinski definition) is 1. The average Bonchev–Trinajstić information content (AvgIpc) is 2.89. The summed E-state index contributed by atoms with van der Waals surface area (Å²) in [5.74, 6) is -0.0768. The van der Waals surface area contributed by atoms with Crippen LogP contribution < -0.4 is 5.32 Å². The Morgan fingerprint density at radius 2 is 1.90 bits per heavy atom. The SMILES string of the molecule is Cc1ccc2cc(C(=O)NCc3ccccc3C)[nH]c2c1. The molecule has 0 radical (unpaired) electrons. The van der Waals surface area contributed by atoms with Gasteiger partial charge in [0.25, 0.3) is 5.91 Å². The molecule has 3 aromatic rings. The van der Waals surface area contributed by atoms with E-state index in [2.05, 4.69) is 10.3 Å². The van der Waals surface area contributed by atoms with E-state index in [0.29, 0.717) is 12.2 Å². The number of nitrogens with one attached hydrogen (secondary N) is 2. The lowest BCUT2D eigenvalue weighted by molar-refractivity contribution is 0.0946. The van der Waals surface area contributed by atoms with Crippen molar-refractivity contribution in [3.05, 3.63) is 70.9 Å². The zero-order valence-corrected chi connectivity index (χ0v) is 12.2. The number of carbonyl (C=O) groups excluding carboxylic acids is 1. The quantitative estimate of drug-likeness (QED) is 0.753. The molecule has 0 aliphatic heterocycles. The second kappa shape index (κ2) is 5.44. The van der Waals surface area contributed by atoms with Gasteiger partial charge in [0, 0.05) is 17.4 Å². The molecule has 1 heterocycles. The minimum Gasteiger partial charge on any atom is -0.351 e. The third-order valence-corrected chi connectivity index (χ3v) is 3.72. The highest BCUT2D eigenvalue weighted by Gasteiger charge is 2.09. The first-order valence-corrected chi connectivity index (χ1v) is 7.05. The van der Waals surface area contributed by atoms with Gasteiger partial charge in [-0.3, -0.25) is 4.79 Å². The molecule has 0 aliphatic carbocycles. The number of aryl methyl sites for hydroxylation is 2. The Hall–Kier alpha value is -2.55. The molecule has 106 valence electrons. The lowest BCUT2D eigenvalue weighted by atomic mass is 10.1. The first-order valence-electron chi connectivity index (χ1n) is 7.05. The molecule has 1 amide bonds. The van der Waals surface area contributed by atoms with E-state index in [9.17, 15) is 4.79 Å². The van der Waals surface area contributed by atoms with Crippen LogP contribution in [0, 0.1) is 13.8 Å². The fourth-order valence-electron chi connectivity index (χ4n) is 2.44. The van der Waals surface area contributed by atoms with E-state index >= 15 is 0 Å². The molecule has 0 bridgehead atoms. The number of hydrogen-bond donors (Lipinski definition) is 2. The van der Waals surface area contributed by atoms with Crippen LogP contribution in [0.25, 0.3) is 10.9 Å². The van der Waals surface area contributed by atoms with E-state index in [1.54, 1.807) is 0 Å². The van der Waals surface area contributed by atoms with E-state index in [1.165, 1.54) is 11.1 Å². The number of rotatable bonds is 3. The molecular formula is C18H18N2O. The largest absolute Gasteiger partial charge is 0.351 e. The highest BCUT2D eigenvalue weighted by Crippen LogP contribution is 2.17. The van der Waals surface area contributed by atoms with Crippen molar-refractivity contribution < 1.29 is 4.79 Å². The second-order valence-electron chi connectivity index (χ2n) is 5.38. The molecule has 0 fully saturated rings. The average molecular weight is 278 g/mol. The van der Waals surface area contributed by atoms with Gasteiger partial charge in [0.15, 0.2) is 0 Å². The van der Waals surface area contributed by atoms with E-state index in [4.69, 9.17) is 0 Å². The van der Waals surface area contributed by atoms with Crippen molar-refractivity contribution in [3.63, 3.8) is 0 Å². The zero-order valence-electron chi connectivity index (χ0n) is 12.2. The van der Waals surface area contributed by atoms with Crippen LogP contribution in [0.1, 0.15) is 27.2 Å². The molecule has 2 N–H and O–H groups in total. The summed E-state index contributed by atoms with van der Waals surface area (Å²) in [6, 6.07) is 16.1. The number of fused-ring (bicyclic) bond motifs is 1. The van der Waals surface area contributed by atoms with E-state index < -0.39 is 0 Å². The number of aromatic nitrogens is 1. The maximum atomic E-state index is 12.2. The lowest BCUT2D eigenvalue weighted by Gasteiger charge is -2.06. The first-order chi connectivity index (χ1) is 10.1. The van der Waals surface area contributed by atoms with Crippen LogP contribution in [0.15, 0.2) is 48.5 Å². The summed E-state index contributed by atoms with van der Waals surface area (Å²) in [4.78, 5) is 15.4. The number of aromatic amines is 1. The number of H-pyrrole nitrogens is 1. The minimum atomic E-state index is -0.0768. The molecule has 3 heteroatoms. The molecule has 0 unspecified atom stereocenters. The number of amides is 1. The normalized spacial score (nSPS) is 10.8. The van der Waals surface area contributed by atoms with Gasteiger partial charge in [-0.2, -0.15) is 0 Å². The minimum absolute atomic E-state index is 0.0768. The summed E-state index contributed by atoms with van der Waals surface area (Å²) in [6.07, 6.45) is 0. The van der Waals surface area contributed by atoms with Crippen LogP contribution in [-0.4, -0.2) is 10.9 Å². The van der Waals surface area contributed by atoms with Crippen molar-refractivity contribution in [2.24, 2.45) is 0 Å². The fourth-order valence-corrected chi connectivity index (χ4v) is 2.44. The Morgan fingerprint density at radius 3 is 2.71 bits per heavy atom. The first kappa shape index (κ1) is 13.4. The van der Waals surface area contributed by atoms with Crippen LogP contribution in [-0.2, 0) is 6.54 Å². The predicted octanol–water partition coefficient (Wildman–Crippen LogP) is 3.71. The highest BCUT2D eigenvalue weighted by atomic mass is 16.1. The molecule has 2 aromatic carbocycles. The smallest absolute Gasteiger partial charge is 0.267 e. The highest BCUT2D eigenvalue weighted by molar-refractivity contribution is 5.98. The van der Waals surface area contributed by atoms with Gasteiger partial charge in [0.2, 0.25) is 0 Å². The van der Waals surface area contributed by atoms with Gasteiger partial charge in [-0.1, -0.05) is 36.4 Å². The fraction of sp³-hybridized carbons (Fsp3) is 0.167. The van der Waals surface area contributed by atoms with Crippen molar-refractivity contribution in [2.75, 3.05) is 0 Å². The maximum absolute atomic E-state index is 12.2. The molecule has 0 saturated carbocycles. The number of benzene rings is 2. The van der Waals surface area contributed by atoms with Crippen LogP contribution in [0.2, 0.25) is 0 Å². The topological polar surface area (TPSA) is 44.9 Å². The summed E-state index contributed by atoms with van der Waals surface area (Å²) >= 11 is 0. The Labute approximate surface area is 124 Å². The Kier molecular flexibility index (Phi) is 3.48. The summed E-state index contributed by atoms with van der Waals surface area (Å²) in [6.45, 7) is 4.63. The van der Waals surface area contributed by atoms with Crippen LogP contribution in [0.4, 0.5) is 0 Å². The van der Waals surface area contributed by atoms with E-state index in [1.807, 2.05) is 62.4 Å². The number of carbonyl (C=O) groups is 1. The van der Waals surface area contributed by atoms with Gasteiger partial charge in [-0.15, -0.1) is 0 Å². The van der Waals surface area contributed by atoms with Crippen molar-refractivity contribution >= 4 is 16.8 Å². The molecule has 3 rings (SSSR count). The van der Waals surface area contributed by atoms with Crippen LogP contribution in [0.3, 0.4) is 0 Å². The van der Waals surface area contributed by atoms with Gasteiger partial charge in [0.05, 0.1) is 0 Å². The molecule has 3 nitrogen and oxygen atoms in total. The summed E-state index contributed by atoms with van der Waals surface area (Å²) in [5, 5.41) is 4.02. The summed E-state index contributed by atoms with van der Waals surface area (Å²) in [5.41, 5.74) is 5.10. The molecule has 0 spiro atoms. The van der Waals surface area contributed by atoms with E-state index in [0.717, 1.165) is 16.5 Å². The van der Waals surface area contributed by atoms with Crippen molar-refractivity contribution in [3.8, 4) is 0 Å². The molecule has 0 atom stereocenters. The molecule has 1 aromatic heterocycles. The van der Waals surface area contributed by atoms with Crippen LogP contribution in [0.5, 0.6) is 0 Å². The van der Waals surface area contributed by atoms with Gasteiger partial charge in [-0.05, 0) is 42.7 Å². The Balaban J connectivity index is 1.76. The second-order valence-corrected chi connectivity index (χ2v) is 5.38. The van der Waals surface area contributed by atoms with E-state index in [-0.39, 0.29) is 5.91 Å². The molecular weight excluding hydrogens is 260 g/mol. The Bertz CT molecular complexity index is 802. The standard InChI is InChI=1S/C18H18N2O/c1-12-7-8-14-10-17(20-16(14)9-12)18(21)19-11-15-6-4-3-5-13(15)2/h3-10,20H,11H2,1-2H3,(H,19,21). The molecule has 21 heavy (non-hydrogen) atoms. The van der Waals surface area contributed by atoms with Gasteiger partial charge < -0.3 is 10.3 Å². The zero-order chi connectivity index (χ0) is 14.8. The Morgan fingerprint density at radius 1 is 1.10 bits per heavy atom. The van der Waals surface area contributed by atoms with Gasteiger partial charge in [-0.25, -0.2) is 0 Å². The third-order valence-electron chi connectivity index (χ3n) is 3.72.